The zero-order valence-electron chi connectivity index (χ0n) is 48.3. The quantitative estimate of drug-likeness (QED) is 0.163. The van der Waals surface area contributed by atoms with Crippen molar-refractivity contribution in [2.24, 2.45) is 0 Å². The highest BCUT2D eigenvalue weighted by atomic mass is 32.1. The van der Waals surface area contributed by atoms with Crippen molar-refractivity contribution >= 4 is 76.2 Å². The van der Waals surface area contributed by atoms with Crippen molar-refractivity contribution < 1.29 is 26.0 Å². The molecule has 0 N–H and O–H groups in total. The van der Waals surface area contributed by atoms with E-state index in [1.54, 1.807) is 36.5 Å². The van der Waals surface area contributed by atoms with Gasteiger partial charge in [0.2, 0.25) is 0 Å². The molecule has 0 unspecified atom stereocenters. The summed E-state index contributed by atoms with van der Waals surface area (Å²) in [5.41, 5.74) is 1.30. The minimum absolute atomic E-state index is 0.0221. The Bertz CT molecular complexity index is 4570. The molecule has 2 nitrogen and oxygen atoms in total. The van der Waals surface area contributed by atoms with Crippen molar-refractivity contribution in [3.8, 4) is 54.4 Å². The van der Waals surface area contributed by atoms with Crippen LogP contribution in [-0.2, 0) is 0 Å². The molecule has 3 heterocycles. The molecular formula is C54H32N2S. The predicted molar refractivity (Wildman–Crippen MR) is 243 cm³/mol. The van der Waals surface area contributed by atoms with Crippen LogP contribution in [0.4, 0.5) is 0 Å². The van der Waals surface area contributed by atoms with Crippen LogP contribution in [0, 0.1) is 0 Å². The first-order valence-corrected chi connectivity index (χ1v) is 18.7. The molecule has 0 amide bonds. The minimum atomic E-state index is -0.774. The third-order valence-electron chi connectivity index (χ3n) is 10.3. The molecule has 12 aromatic rings. The van der Waals surface area contributed by atoms with Gasteiger partial charge in [-0.1, -0.05) is 175 Å². The van der Waals surface area contributed by atoms with Gasteiger partial charge in [0.05, 0.1) is 42.8 Å². The molecule has 0 spiro atoms. The van der Waals surface area contributed by atoms with E-state index >= 15 is 0 Å². The van der Waals surface area contributed by atoms with E-state index in [1.165, 1.54) is 0 Å². The first-order valence-electron chi connectivity index (χ1n) is 27.4. The van der Waals surface area contributed by atoms with Crippen molar-refractivity contribution in [3.05, 3.63) is 194 Å². The van der Waals surface area contributed by atoms with Crippen LogP contribution in [0.15, 0.2) is 194 Å². The molecule has 9 aromatic carbocycles. The maximum absolute atomic E-state index is 9.88. The monoisotopic (exact) mass is 759 g/mol. The van der Waals surface area contributed by atoms with E-state index in [-0.39, 0.29) is 69.9 Å². The van der Waals surface area contributed by atoms with Crippen molar-refractivity contribution in [2.75, 3.05) is 0 Å². The molecule has 0 aliphatic rings. The summed E-state index contributed by atoms with van der Waals surface area (Å²) in [7, 11) is 0. The van der Waals surface area contributed by atoms with Gasteiger partial charge in [-0.2, -0.15) is 0 Å². The van der Waals surface area contributed by atoms with Crippen LogP contribution in [0.5, 0.6) is 0 Å². The summed E-state index contributed by atoms with van der Waals surface area (Å²) in [4.78, 5) is 9.45. The maximum Gasteiger partial charge on any atom is 0.0972 e. The highest BCUT2D eigenvalue weighted by Gasteiger charge is 2.26. The number of rotatable bonds is 5. The summed E-state index contributed by atoms with van der Waals surface area (Å²) in [5.74, 6) is 0. The van der Waals surface area contributed by atoms with Crippen molar-refractivity contribution in [2.45, 2.75) is 0 Å². The number of aromatic nitrogens is 2. The summed E-state index contributed by atoms with van der Waals surface area (Å²) in [6, 6.07) is 8.78. The molecule has 3 aromatic heterocycles. The number of benzene rings is 9. The van der Waals surface area contributed by atoms with Gasteiger partial charge < -0.3 is 0 Å². The Kier molecular flexibility index (Phi) is 4.14. The second-order valence-electron chi connectivity index (χ2n) is 13.4. The van der Waals surface area contributed by atoms with E-state index in [2.05, 4.69) is 4.98 Å². The van der Waals surface area contributed by atoms with Crippen molar-refractivity contribution in [3.63, 3.8) is 0 Å². The topological polar surface area (TPSA) is 25.8 Å². The van der Waals surface area contributed by atoms with E-state index < -0.39 is 120 Å². The fourth-order valence-corrected chi connectivity index (χ4v) is 9.15. The molecule has 0 aliphatic heterocycles. The number of fused-ring (bicyclic) bond motifs is 4. The fraction of sp³-hybridized carbons (Fsp3) is 0. The van der Waals surface area contributed by atoms with Gasteiger partial charge in [-0.3, -0.25) is 4.98 Å². The Morgan fingerprint density at radius 2 is 1.05 bits per heavy atom. The van der Waals surface area contributed by atoms with E-state index in [0.717, 1.165) is 10.8 Å². The Morgan fingerprint density at radius 1 is 0.404 bits per heavy atom. The summed E-state index contributed by atoms with van der Waals surface area (Å²) >= 11 is 0.703. The van der Waals surface area contributed by atoms with Gasteiger partial charge in [0.25, 0.3) is 0 Å². The van der Waals surface area contributed by atoms with Gasteiger partial charge in [-0.05, 0) is 71.9 Å². The van der Waals surface area contributed by atoms with E-state index in [1.807, 2.05) is 42.5 Å². The van der Waals surface area contributed by atoms with Crippen LogP contribution in [0.25, 0.3) is 119 Å². The van der Waals surface area contributed by atoms with Gasteiger partial charge in [0.1, 0.15) is 0 Å². The number of thiophene rings is 1. The van der Waals surface area contributed by atoms with Gasteiger partial charge in [0, 0.05) is 49.0 Å². The average molecular weight is 760 g/mol. The van der Waals surface area contributed by atoms with Gasteiger partial charge in [-0.25, -0.2) is 4.98 Å². The van der Waals surface area contributed by atoms with Crippen LogP contribution in [0.1, 0.15) is 26.0 Å². The number of hydrogen-bond donors (Lipinski definition) is 0. The standard InChI is InChI=1S/C54H32N2S/c1-3-11-33(12-4-1)49-50(43-30-29-42(40-18-7-8-19-41(40)43)46-31-26-38-23-22-37-17-10-32-55-51(37)52(38)56-46)53(39-13-5-2-6-14-39)57-54(49)45-28-25-36-21-20-34-15-9-16-35-24-27-44(45)48(36)47(34)35/h1-32H/i1D,2D,3D,4D,5D,6D,9D,11D,12D,13D,14D,15D,16D,20D,21D,24D,25D,27D,28D. The summed E-state index contributed by atoms with van der Waals surface area (Å²) < 4.78 is 174. The molecule has 0 atom stereocenters. The fourth-order valence-electron chi connectivity index (χ4n) is 7.86. The molecule has 0 saturated carbocycles. The third-order valence-corrected chi connectivity index (χ3v) is 11.6. The van der Waals surface area contributed by atoms with E-state index in [9.17, 15) is 12.3 Å². The Labute approximate surface area is 360 Å². The first kappa shape index (κ1) is 18.6. The van der Waals surface area contributed by atoms with Crippen LogP contribution >= 0.6 is 11.3 Å². The molecule has 0 fully saturated rings. The summed E-state index contributed by atoms with van der Waals surface area (Å²) in [6.07, 6.45) is 1.68. The van der Waals surface area contributed by atoms with Crippen LogP contribution in [0.2, 0.25) is 0 Å². The SMILES string of the molecule is [2H]c1c([2H])c([2H])c(-c2sc(-c3c([2H])c([2H])c4c([2H])c([2H])c5c([2H])c([2H])c([2H])c6c([2H])c([2H])c3c4c56)c(-c3c([2H])c([2H])c([2H])c([2H])c3[2H])c2-c2ccc(-c3ccc4ccc5cccnc5c4n3)c3ccccc23)c([2H])c1[2H]. The van der Waals surface area contributed by atoms with Crippen LogP contribution < -0.4 is 0 Å². The molecule has 264 valence electrons. The normalized spacial score (nSPS) is 16.5. The Hall–Kier alpha value is -7.20. The van der Waals surface area contributed by atoms with E-state index in [0.29, 0.717) is 44.4 Å². The van der Waals surface area contributed by atoms with Gasteiger partial charge in [-0.15, -0.1) is 11.3 Å². The lowest BCUT2D eigenvalue weighted by Crippen LogP contribution is -1.92. The summed E-state index contributed by atoms with van der Waals surface area (Å²) in [5, 5.41) is 1.14. The van der Waals surface area contributed by atoms with E-state index in [4.69, 9.17) is 18.7 Å². The zero-order chi connectivity index (χ0) is 54.0. The molecule has 0 aliphatic carbocycles. The molecular weight excluding hydrogens is 709 g/mol. The lowest BCUT2D eigenvalue weighted by molar-refractivity contribution is 1.37. The number of nitrogens with zero attached hydrogens (tertiary/aromatic N) is 2. The lowest BCUT2D eigenvalue weighted by Gasteiger charge is -2.17. The largest absolute Gasteiger partial charge is 0.254 e. The lowest BCUT2D eigenvalue weighted by atomic mass is 9.86. The van der Waals surface area contributed by atoms with Crippen molar-refractivity contribution in [1.29, 1.82) is 0 Å². The second kappa shape index (κ2) is 12.7. The van der Waals surface area contributed by atoms with Gasteiger partial charge >= 0.3 is 0 Å². The highest BCUT2D eigenvalue weighted by Crippen LogP contribution is 2.55. The Balaban J connectivity index is 1.32. The first-order chi connectivity index (χ1) is 36.2. The summed E-state index contributed by atoms with van der Waals surface area (Å²) in [6.45, 7) is 0. The molecule has 0 bridgehead atoms. The molecule has 12 rings (SSSR count). The average Bonchev–Trinajstić information content (AvgIpc) is 3.82. The Morgan fingerprint density at radius 3 is 1.84 bits per heavy atom. The second-order valence-corrected chi connectivity index (χ2v) is 14.4. The third kappa shape index (κ3) is 4.96. The van der Waals surface area contributed by atoms with Crippen LogP contribution in [0.3, 0.4) is 0 Å². The molecule has 0 saturated heterocycles. The number of pyridine rings is 2. The highest BCUT2D eigenvalue weighted by molar-refractivity contribution is 7.20. The van der Waals surface area contributed by atoms with Crippen molar-refractivity contribution in [1.82, 2.24) is 9.97 Å². The predicted octanol–water partition coefficient (Wildman–Crippen LogP) is 15.2. The number of hydrogen-bond acceptors (Lipinski definition) is 3. The van der Waals surface area contributed by atoms with Gasteiger partial charge in [0.15, 0.2) is 0 Å². The smallest absolute Gasteiger partial charge is 0.0972 e. The zero-order valence-corrected chi connectivity index (χ0v) is 30.1. The van der Waals surface area contributed by atoms with Crippen LogP contribution in [-0.4, -0.2) is 9.97 Å². The molecule has 3 heteroatoms. The maximum atomic E-state index is 9.88. The molecule has 57 heavy (non-hydrogen) atoms. The molecule has 0 radical (unpaired) electrons. The minimum Gasteiger partial charge on any atom is -0.254 e.